The minimum atomic E-state index is -0.425. The Bertz CT molecular complexity index is 965. The molecule has 0 amide bonds. The molecule has 0 aliphatic carbocycles. The highest BCUT2D eigenvalue weighted by Crippen LogP contribution is 2.27. The lowest BCUT2D eigenvalue weighted by Gasteiger charge is -2.09. The van der Waals surface area contributed by atoms with Crippen LogP contribution in [-0.2, 0) is 12.8 Å². The van der Waals surface area contributed by atoms with Crippen molar-refractivity contribution >= 4 is 29.2 Å². The molecule has 0 saturated carbocycles. The van der Waals surface area contributed by atoms with Gasteiger partial charge in [0.05, 0.1) is 27.0 Å². The Balaban J connectivity index is 1.84. The first-order chi connectivity index (χ1) is 13.5. The Hall–Kier alpha value is -2.30. The summed E-state index contributed by atoms with van der Waals surface area (Å²) < 4.78 is 7.21. The molecular weight excluding hydrogens is 395 g/mol. The van der Waals surface area contributed by atoms with E-state index in [1.165, 1.54) is 5.56 Å². The van der Waals surface area contributed by atoms with E-state index >= 15 is 0 Å². The van der Waals surface area contributed by atoms with Gasteiger partial charge >= 0.3 is 5.97 Å². The van der Waals surface area contributed by atoms with Crippen molar-refractivity contribution in [3.05, 3.63) is 75.4 Å². The number of hydrogen-bond donors (Lipinski definition) is 0. The Morgan fingerprint density at radius 2 is 1.79 bits per heavy atom. The minimum absolute atomic E-state index is 0.343. The summed E-state index contributed by atoms with van der Waals surface area (Å²) >= 11 is 12.1. The molecule has 6 heteroatoms. The van der Waals surface area contributed by atoms with Gasteiger partial charge in [0.1, 0.15) is 0 Å². The van der Waals surface area contributed by atoms with Gasteiger partial charge in [-0.3, -0.25) is 0 Å². The molecule has 0 radical (unpaired) electrons. The number of halogens is 2. The lowest BCUT2D eigenvalue weighted by Crippen LogP contribution is -2.12. The number of aromatic nitrogens is 2. The van der Waals surface area contributed by atoms with Crippen LogP contribution in [0.4, 0.5) is 0 Å². The second-order valence-electron chi connectivity index (χ2n) is 6.53. The third-order valence-electron chi connectivity index (χ3n) is 4.44. The molecule has 1 aromatic heterocycles. The quantitative estimate of drug-likeness (QED) is 0.424. The summed E-state index contributed by atoms with van der Waals surface area (Å²) in [6, 6.07) is 14.5. The van der Waals surface area contributed by atoms with E-state index in [0.29, 0.717) is 33.6 Å². The highest BCUT2D eigenvalue weighted by Gasteiger charge is 2.16. The van der Waals surface area contributed by atoms with Crippen LogP contribution in [0, 0.1) is 0 Å². The largest absolute Gasteiger partial charge is 0.404 e. The third kappa shape index (κ3) is 4.75. The van der Waals surface area contributed by atoms with Crippen LogP contribution in [0.15, 0.2) is 48.5 Å². The SMILES string of the molecule is CCCCc1ccc(C(=O)Oc2cc(CC)nn2-c2ccc(Cl)c(Cl)c2)cc1. The molecule has 0 bridgehead atoms. The molecule has 0 N–H and O–H groups in total. The van der Waals surface area contributed by atoms with Crippen LogP contribution in [0.25, 0.3) is 5.69 Å². The van der Waals surface area contributed by atoms with Crippen LogP contribution >= 0.6 is 23.2 Å². The maximum Gasteiger partial charge on any atom is 0.344 e. The molecule has 4 nitrogen and oxygen atoms in total. The fourth-order valence-electron chi connectivity index (χ4n) is 2.80. The number of hydrogen-bond acceptors (Lipinski definition) is 3. The number of nitrogens with zero attached hydrogens (tertiary/aromatic N) is 2. The first-order valence-corrected chi connectivity index (χ1v) is 10.1. The van der Waals surface area contributed by atoms with Gasteiger partial charge in [-0.15, -0.1) is 0 Å². The molecule has 0 fully saturated rings. The van der Waals surface area contributed by atoms with E-state index in [-0.39, 0.29) is 0 Å². The Labute approximate surface area is 175 Å². The zero-order chi connectivity index (χ0) is 20.1. The molecule has 1 heterocycles. The fraction of sp³-hybridized carbons (Fsp3) is 0.273. The van der Waals surface area contributed by atoms with Crippen molar-refractivity contribution in [1.29, 1.82) is 0 Å². The zero-order valence-electron chi connectivity index (χ0n) is 15.9. The van der Waals surface area contributed by atoms with Gasteiger partial charge in [0.2, 0.25) is 5.88 Å². The zero-order valence-corrected chi connectivity index (χ0v) is 17.4. The normalized spacial score (nSPS) is 10.9. The monoisotopic (exact) mass is 416 g/mol. The molecule has 0 saturated heterocycles. The molecule has 2 aromatic carbocycles. The van der Waals surface area contributed by atoms with Crippen LogP contribution in [-0.4, -0.2) is 15.7 Å². The lowest BCUT2D eigenvalue weighted by molar-refractivity contribution is 0.0723. The highest BCUT2D eigenvalue weighted by atomic mass is 35.5. The summed E-state index contributed by atoms with van der Waals surface area (Å²) in [5, 5.41) is 5.37. The van der Waals surface area contributed by atoms with Gasteiger partial charge in [-0.1, -0.05) is 55.6 Å². The van der Waals surface area contributed by atoms with Gasteiger partial charge in [-0.2, -0.15) is 5.10 Å². The molecule has 0 spiro atoms. The lowest BCUT2D eigenvalue weighted by atomic mass is 10.1. The molecule has 0 aliphatic heterocycles. The molecule has 0 unspecified atom stereocenters. The van der Waals surface area contributed by atoms with Crippen LogP contribution < -0.4 is 4.74 Å². The van der Waals surface area contributed by atoms with Crippen LogP contribution in [0.2, 0.25) is 10.0 Å². The molecule has 3 aromatic rings. The number of ether oxygens (including phenoxy) is 1. The standard InChI is InChI=1S/C22H22Cl2N2O2/c1-3-5-6-15-7-9-16(10-8-15)22(27)28-21-13-17(4-2)25-26(21)18-11-12-19(23)20(24)14-18/h7-14H,3-6H2,1-2H3. The Morgan fingerprint density at radius 1 is 1.04 bits per heavy atom. The summed E-state index contributed by atoms with van der Waals surface area (Å²) in [5.41, 5.74) is 3.20. The topological polar surface area (TPSA) is 44.1 Å². The second-order valence-corrected chi connectivity index (χ2v) is 7.34. The number of esters is 1. The predicted molar refractivity (Wildman–Crippen MR) is 113 cm³/mol. The summed E-state index contributed by atoms with van der Waals surface area (Å²) in [5.74, 6) is -0.0822. The highest BCUT2D eigenvalue weighted by molar-refractivity contribution is 6.42. The molecule has 146 valence electrons. The van der Waals surface area contributed by atoms with Gasteiger partial charge in [0.15, 0.2) is 0 Å². The van der Waals surface area contributed by atoms with Crippen molar-refractivity contribution in [1.82, 2.24) is 9.78 Å². The van der Waals surface area contributed by atoms with E-state index in [1.807, 2.05) is 19.1 Å². The first-order valence-electron chi connectivity index (χ1n) is 9.37. The van der Waals surface area contributed by atoms with Crippen molar-refractivity contribution < 1.29 is 9.53 Å². The van der Waals surface area contributed by atoms with Crippen molar-refractivity contribution in [2.24, 2.45) is 0 Å². The predicted octanol–water partition coefficient (Wildman–Crippen LogP) is 6.30. The summed E-state index contributed by atoms with van der Waals surface area (Å²) in [6.07, 6.45) is 4.00. The Kier molecular flexibility index (Phi) is 6.76. The maximum absolute atomic E-state index is 12.6. The summed E-state index contributed by atoms with van der Waals surface area (Å²) in [6.45, 7) is 4.15. The molecular formula is C22H22Cl2N2O2. The van der Waals surface area contributed by atoms with Crippen molar-refractivity contribution in [2.45, 2.75) is 39.5 Å². The van der Waals surface area contributed by atoms with Gasteiger partial charge in [0.25, 0.3) is 0 Å². The summed E-state index contributed by atoms with van der Waals surface area (Å²) in [7, 11) is 0. The number of unbranched alkanes of at least 4 members (excludes halogenated alkanes) is 1. The molecule has 0 aliphatic rings. The van der Waals surface area contributed by atoms with Crippen molar-refractivity contribution in [2.75, 3.05) is 0 Å². The third-order valence-corrected chi connectivity index (χ3v) is 5.18. The van der Waals surface area contributed by atoms with Gasteiger partial charge in [0, 0.05) is 6.07 Å². The average Bonchev–Trinajstić information content (AvgIpc) is 3.11. The van der Waals surface area contributed by atoms with E-state index in [0.717, 1.165) is 25.0 Å². The summed E-state index contributed by atoms with van der Waals surface area (Å²) in [4.78, 5) is 12.6. The molecule has 3 rings (SSSR count). The minimum Gasteiger partial charge on any atom is -0.404 e. The van der Waals surface area contributed by atoms with Crippen LogP contribution in [0.3, 0.4) is 0 Å². The smallest absolute Gasteiger partial charge is 0.344 e. The van der Waals surface area contributed by atoms with Crippen LogP contribution in [0.1, 0.15) is 48.3 Å². The fourth-order valence-corrected chi connectivity index (χ4v) is 3.09. The van der Waals surface area contributed by atoms with E-state index in [4.69, 9.17) is 27.9 Å². The van der Waals surface area contributed by atoms with Gasteiger partial charge in [-0.25, -0.2) is 9.48 Å². The molecule has 28 heavy (non-hydrogen) atoms. The average molecular weight is 417 g/mol. The van der Waals surface area contributed by atoms with E-state index in [2.05, 4.69) is 12.0 Å². The maximum atomic E-state index is 12.6. The van der Waals surface area contributed by atoms with Gasteiger partial charge in [-0.05, 0) is 55.2 Å². The van der Waals surface area contributed by atoms with E-state index < -0.39 is 5.97 Å². The molecule has 0 atom stereocenters. The van der Waals surface area contributed by atoms with Gasteiger partial charge < -0.3 is 4.74 Å². The van der Waals surface area contributed by atoms with Crippen molar-refractivity contribution in [3.63, 3.8) is 0 Å². The van der Waals surface area contributed by atoms with E-state index in [9.17, 15) is 4.79 Å². The van der Waals surface area contributed by atoms with Crippen molar-refractivity contribution in [3.8, 4) is 11.6 Å². The number of carbonyl (C=O) groups is 1. The first kappa shape index (κ1) is 20.4. The van der Waals surface area contributed by atoms with E-state index in [1.54, 1.807) is 41.1 Å². The number of rotatable bonds is 7. The second kappa shape index (κ2) is 9.26. The number of aryl methyl sites for hydroxylation is 2. The Morgan fingerprint density at radius 3 is 2.43 bits per heavy atom. The van der Waals surface area contributed by atoms with Crippen LogP contribution in [0.5, 0.6) is 5.88 Å². The number of carbonyl (C=O) groups excluding carboxylic acids is 1. The number of benzene rings is 2.